The van der Waals surface area contributed by atoms with Gasteiger partial charge in [0.1, 0.15) is 5.75 Å². The second-order valence-electron chi connectivity index (χ2n) is 6.36. The van der Waals surface area contributed by atoms with Crippen molar-refractivity contribution >= 4 is 35.0 Å². The first kappa shape index (κ1) is 21.4. The number of rotatable bonds is 5. The molecule has 8 nitrogen and oxygen atoms in total. The van der Waals surface area contributed by atoms with Gasteiger partial charge in [-0.1, -0.05) is 0 Å². The summed E-state index contributed by atoms with van der Waals surface area (Å²) in [5.74, 6) is -1.41. The molecule has 2 amide bonds. The molecule has 1 aliphatic rings. The zero-order valence-electron chi connectivity index (χ0n) is 15.0. The van der Waals surface area contributed by atoms with Crippen molar-refractivity contribution in [2.75, 3.05) is 5.32 Å². The third kappa shape index (κ3) is 4.82. The Morgan fingerprint density at radius 3 is 2.67 bits per heavy atom. The van der Waals surface area contributed by atoms with E-state index in [2.05, 4.69) is 10.6 Å². The normalized spacial score (nSPS) is 15.8. The predicted octanol–water partition coefficient (Wildman–Crippen LogP) is 3.44. The molecule has 0 saturated carbocycles. The quantitative estimate of drug-likeness (QED) is 0.483. The topological polar surface area (TPSA) is 122 Å². The van der Waals surface area contributed by atoms with E-state index in [1.807, 2.05) is 0 Å². The average Bonchev–Trinajstić information content (AvgIpc) is 2.66. The Morgan fingerprint density at radius 1 is 1.27 bits per heavy atom. The van der Waals surface area contributed by atoms with Crippen molar-refractivity contribution in [3.63, 3.8) is 0 Å². The van der Waals surface area contributed by atoms with Crippen LogP contribution >= 0.6 is 11.8 Å². The number of nitro groups is 1. The first-order valence-corrected chi connectivity index (χ1v) is 9.34. The van der Waals surface area contributed by atoms with Crippen LogP contribution < -0.4 is 10.6 Å². The fourth-order valence-corrected chi connectivity index (χ4v) is 3.81. The van der Waals surface area contributed by atoms with Gasteiger partial charge >= 0.3 is 6.18 Å². The van der Waals surface area contributed by atoms with Crippen molar-refractivity contribution in [3.8, 4) is 5.75 Å². The smallest absolute Gasteiger partial charge is 0.416 e. The van der Waals surface area contributed by atoms with Gasteiger partial charge in [0.25, 0.3) is 5.69 Å². The van der Waals surface area contributed by atoms with Gasteiger partial charge in [0.05, 0.1) is 21.4 Å². The van der Waals surface area contributed by atoms with Crippen molar-refractivity contribution in [1.29, 1.82) is 0 Å². The first-order valence-electron chi connectivity index (χ1n) is 8.46. The van der Waals surface area contributed by atoms with Gasteiger partial charge < -0.3 is 15.7 Å². The number of hydrogen-bond acceptors (Lipinski definition) is 6. The van der Waals surface area contributed by atoms with Gasteiger partial charge in [-0.15, -0.1) is 11.8 Å². The van der Waals surface area contributed by atoms with Crippen LogP contribution in [-0.4, -0.2) is 27.1 Å². The molecule has 3 N–H and O–H groups in total. The molecule has 1 unspecified atom stereocenters. The maximum atomic E-state index is 12.8. The number of alkyl halides is 3. The fraction of sp³-hybridized carbons (Fsp3) is 0.222. The molecule has 0 aromatic heterocycles. The van der Waals surface area contributed by atoms with Crippen LogP contribution in [0.3, 0.4) is 0 Å². The minimum atomic E-state index is -4.54. The van der Waals surface area contributed by atoms with Crippen molar-refractivity contribution in [1.82, 2.24) is 5.32 Å². The maximum Gasteiger partial charge on any atom is 0.416 e. The van der Waals surface area contributed by atoms with Crippen LogP contribution in [0, 0.1) is 10.1 Å². The molecule has 0 radical (unpaired) electrons. The zero-order chi connectivity index (χ0) is 22.1. The highest BCUT2D eigenvalue weighted by Gasteiger charge is 2.34. The molecule has 1 atom stereocenters. The second kappa shape index (κ2) is 8.22. The highest BCUT2D eigenvalue weighted by Crippen LogP contribution is 2.40. The molecule has 1 aliphatic heterocycles. The van der Waals surface area contributed by atoms with E-state index in [4.69, 9.17) is 0 Å². The Bertz CT molecular complexity index is 1030. The highest BCUT2D eigenvalue weighted by atomic mass is 32.2. The number of phenols is 1. The van der Waals surface area contributed by atoms with E-state index in [0.29, 0.717) is 4.90 Å². The van der Waals surface area contributed by atoms with Gasteiger partial charge in [-0.25, -0.2) is 0 Å². The number of benzene rings is 2. The van der Waals surface area contributed by atoms with Gasteiger partial charge in [-0.3, -0.25) is 19.7 Å². The molecule has 3 rings (SSSR count). The number of nitrogens with zero attached hydrogens (tertiary/aromatic N) is 1. The molecule has 158 valence electrons. The number of phenolic OH excluding ortho intramolecular Hbond substituents is 1. The summed E-state index contributed by atoms with van der Waals surface area (Å²) in [7, 11) is 0. The summed E-state index contributed by atoms with van der Waals surface area (Å²) in [6, 6.07) is 6.33. The summed E-state index contributed by atoms with van der Waals surface area (Å²) in [5.41, 5.74) is -0.995. The van der Waals surface area contributed by atoms with Crippen LogP contribution in [0.15, 0.2) is 41.3 Å². The molecule has 0 aliphatic carbocycles. The first-order chi connectivity index (χ1) is 14.0. The van der Waals surface area contributed by atoms with Crippen LogP contribution in [0.2, 0.25) is 0 Å². The average molecular weight is 441 g/mol. The van der Waals surface area contributed by atoms with Gasteiger partial charge in [-0.2, -0.15) is 13.2 Å². The number of hydrogen-bond donors (Lipinski definition) is 3. The number of fused-ring (bicyclic) bond motifs is 1. The lowest BCUT2D eigenvalue weighted by molar-refractivity contribution is -0.384. The van der Waals surface area contributed by atoms with E-state index >= 15 is 0 Å². The van der Waals surface area contributed by atoms with E-state index in [1.54, 1.807) is 0 Å². The highest BCUT2D eigenvalue weighted by molar-refractivity contribution is 8.01. The Labute approximate surface area is 171 Å². The number of carbonyl (C=O) groups is 2. The van der Waals surface area contributed by atoms with Gasteiger partial charge in [0.15, 0.2) is 0 Å². The van der Waals surface area contributed by atoms with Crippen molar-refractivity contribution in [2.45, 2.75) is 29.3 Å². The predicted molar refractivity (Wildman–Crippen MR) is 101 cm³/mol. The van der Waals surface area contributed by atoms with E-state index in [1.165, 1.54) is 6.07 Å². The summed E-state index contributed by atoms with van der Waals surface area (Å²) in [4.78, 5) is 34.9. The lowest BCUT2D eigenvalue weighted by atomic mass is 10.1. The molecule has 2 aromatic carbocycles. The van der Waals surface area contributed by atoms with Crippen molar-refractivity contribution in [3.05, 3.63) is 57.6 Å². The molecule has 0 spiro atoms. The van der Waals surface area contributed by atoms with E-state index in [9.17, 15) is 38.0 Å². The maximum absolute atomic E-state index is 12.8. The largest absolute Gasteiger partial charge is 0.508 e. The Kier molecular flexibility index (Phi) is 5.87. The number of nitro benzene ring substituents is 1. The minimum absolute atomic E-state index is 0.0259. The van der Waals surface area contributed by atoms with Crippen molar-refractivity contribution in [2.24, 2.45) is 0 Å². The third-order valence-corrected chi connectivity index (χ3v) is 5.52. The number of nitrogens with one attached hydrogen (secondary N) is 2. The van der Waals surface area contributed by atoms with Gasteiger partial charge in [0, 0.05) is 35.6 Å². The van der Waals surface area contributed by atoms with E-state index < -0.39 is 33.7 Å². The lowest BCUT2D eigenvalue weighted by Crippen LogP contribution is -2.34. The number of aromatic hydroxyl groups is 1. The Hall–Kier alpha value is -3.28. The molecule has 2 aromatic rings. The molecular formula is C18H14F3N3O5S. The lowest BCUT2D eigenvalue weighted by Gasteiger charge is -2.24. The van der Waals surface area contributed by atoms with Crippen molar-refractivity contribution < 1.29 is 32.8 Å². The summed E-state index contributed by atoms with van der Waals surface area (Å²) in [6.07, 6.45) is -4.81. The number of halogens is 3. The van der Waals surface area contributed by atoms with Crippen LogP contribution in [0.4, 0.5) is 24.5 Å². The fourth-order valence-electron chi connectivity index (χ4n) is 2.72. The summed E-state index contributed by atoms with van der Waals surface area (Å²) in [5, 5.41) is 24.5. The molecule has 0 fully saturated rings. The van der Waals surface area contributed by atoms with Gasteiger partial charge in [-0.05, 0) is 24.3 Å². The molecule has 1 heterocycles. The molecule has 0 bridgehead atoms. The monoisotopic (exact) mass is 441 g/mol. The molecule has 12 heteroatoms. The Balaban J connectivity index is 1.63. The standard InChI is InChI=1S/C18H14F3N3O5S/c19-18(20,21)10-1-4-14-12(6-10)23-17(27)15(30-14)7-16(26)22-8-9-5-11(24(28)29)2-3-13(9)25/h1-6,15,25H,7-8H2,(H,22,26)(H,23,27). The van der Waals surface area contributed by atoms with Crippen LogP contribution in [0.1, 0.15) is 17.5 Å². The zero-order valence-corrected chi connectivity index (χ0v) is 15.8. The third-order valence-electron chi connectivity index (χ3n) is 4.25. The number of anilines is 1. The molecule has 0 saturated heterocycles. The number of amides is 2. The number of carbonyl (C=O) groups excluding carboxylic acids is 2. The van der Waals surface area contributed by atoms with E-state index in [0.717, 1.165) is 42.1 Å². The summed E-state index contributed by atoms with van der Waals surface area (Å²) in [6.45, 7) is -0.198. The number of thioether (sulfide) groups is 1. The molecule has 30 heavy (non-hydrogen) atoms. The SMILES string of the molecule is O=C(CC1Sc2ccc(C(F)(F)F)cc2NC1=O)NCc1cc([N+](=O)[O-])ccc1O. The Morgan fingerprint density at radius 2 is 2.00 bits per heavy atom. The van der Waals surface area contributed by atoms with E-state index in [-0.39, 0.29) is 35.7 Å². The van der Waals surface area contributed by atoms with Crippen LogP contribution in [0.5, 0.6) is 5.75 Å². The van der Waals surface area contributed by atoms with Crippen LogP contribution in [0.25, 0.3) is 0 Å². The summed E-state index contributed by atoms with van der Waals surface area (Å²) >= 11 is 0.965. The summed E-state index contributed by atoms with van der Waals surface area (Å²) < 4.78 is 38.4. The van der Waals surface area contributed by atoms with Gasteiger partial charge in [0.2, 0.25) is 11.8 Å². The van der Waals surface area contributed by atoms with Crippen LogP contribution in [-0.2, 0) is 22.3 Å². The molecular weight excluding hydrogens is 427 g/mol. The number of non-ortho nitro benzene ring substituents is 1. The second-order valence-corrected chi connectivity index (χ2v) is 7.60. The minimum Gasteiger partial charge on any atom is -0.508 e.